The van der Waals surface area contributed by atoms with Gasteiger partial charge in [0, 0.05) is 15.2 Å². The van der Waals surface area contributed by atoms with Crippen LogP contribution in [0.5, 0.6) is 0 Å². The molecule has 0 aliphatic heterocycles. The molecule has 0 saturated heterocycles. The van der Waals surface area contributed by atoms with Gasteiger partial charge in [-0.2, -0.15) is 0 Å². The van der Waals surface area contributed by atoms with Crippen LogP contribution in [0.4, 0.5) is 0 Å². The number of rotatable bonds is 0. The van der Waals surface area contributed by atoms with E-state index in [9.17, 15) is 4.79 Å². The van der Waals surface area contributed by atoms with Crippen LogP contribution in [0.1, 0.15) is 5.56 Å². The first-order valence-corrected chi connectivity index (χ1v) is 5.04. The molecule has 1 heterocycles. The Balaban J connectivity index is 2.97. The minimum absolute atomic E-state index is 0.0167. The molecule has 0 fully saturated rings. The van der Waals surface area contributed by atoms with Gasteiger partial charge in [0.1, 0.15) is 0 Å². The zero-order valence-corrected chi connectivity index (χ0v) is 9.25. The lowest BCUT2D eigenvalue weighted by Crippen LogP contribution is -2.04. The molecule has 0 bridgehead atoms. The van der Waals surface area contributed by atoms with Crippen LogP contribution < -0.4 is 5.56 Å². The number of halogens is 1. The molecule has 1 N–H and O–H groups in total. The highest BCUT2D eigenvalue weighted by atomic mass is 127. The molecule has 0 aliphatic carbocycles. The van der Waals surface area contributed by atoms with Crippen LogP contribution in [0, 0.1) is 10.5 Å². The summed E-state index contributed by atoms with van der Waals surface area (Å²) >= 11 is 2.27. The maximum Gasteiger partial charge on any atom is 0.255 e. The third kappa shape index (κ3) is 1.48. The smallest absolute Gasteiger partial charge is 0.255 e. The van der Waals surface area contributed by atoms with Gasteiger partial charge in [0.25, 0.3) is 5.56 Å². The van der Waals surface area contributed by atoms with Crippen molar-refractivity contribution in [3.8, 4) is 0 Å². The molecule has 13 heavy (non-hydrogen) atoms. The predicted molar refractivity (Wildman–Crippen MR) is 62.0 cm³/mol. The summed E-state index contributed by atoms with van der Waals surface area (Å²) in [5.41, 5.74) is 1.13. The topological polar surface area (TPSA) is 32.9 Å². The van der Waals surface area contributed by atoms with Crippen LogP contribution in [0.3, 0.4) is 0 Å². The van der Waals surface area contributed by atoms with Crippen molar-refractivity contribution in [2.24, 2.45) is 0 Å². The van der Waals surface area contributed by atoms with E-state index in [0.29, 0.717) is 0 Å². The Morgan fingerprint density at radius 1 is 1.38 bits per heavy atom. The maximum atomic E-state index is 11.4. The average molecular weight is 285 g/mol. The van der Waals surface area contributed by atoms with Crippen molar-refractivity contribution in [3.05, 3.63) is 43.9 Å². The van der Waals surface area contributed by atoms with Crippen molar-refractivity contribution < 1.29 is 0 Å². The molecule has 0 spiro atoms. The van der Waals surface area contributed by atoms with Gasteiger partial charge in [0.05, 0.1) is 0 Å². The number of H-pyrrole nitrogens is 1. The van der Waals surface area contributed by atoms with Crippen molar-refractivity contribution in [2.75, 3.05) is 0 Å². The van der Waals surface area contributed by atoms with Gasteiger partial charge >= 0.3 is 0 Å². The van der Waals surface area contributed by atoms with Crippen molar-refractivity contribution in [3.63, 3.8) is 0 Å². The minimum atomic E-state index is -0.0167. The summed E-state index contributed by atoms with van der Waals surface area (Å²) in [6, 6.07) is 5.87. The summed E-state index contributed by atoms with van der Waals surface area (Å²) in [6.45, 7) is 2.01. The van der Waals surface area contributed by atoms with Crippen LogP contribution >= 0.6 is 22.6 Å². The molecule has 1 aromatic heterocycles. The van der Waals surface area contributed by atoms with Gasteiger partial charge in [0.2, 0.25) is 0 Å². The van der Waals surface area contributed by atoms with E-state index in [0.717, 1.165) is 16.3 Å². The summed E-state index contributed by atoms with van der Waals surface area (Å²) in [5.74, 6) is 0. The van der Waals surface area contributed by atoms with E-state index in [1.54, 1.807) is 6.20 Å². The van der Waals surface area contributed by atoms with Gasteiger partial charge < -0.3 is 4.98 Å². The van der Waals surface area contributed by atoms with Crippen LogP contribution in [0.15, 0.2) is 29.2 Å². The molecule has 66 valence electrons. The first kappa shape index (κ1) is 8.74. The summed E-state index contributed by atoms with van der Waals surface area (Å²) in [7, 11) is 0. The highest BCUT2D eigenvalue weighted by Crippen LogP contribution is 2.17. The summed E-state index contributed by atoms with van der Waals surface area (Å²) in [4.78, 5) is 14.0. The number of benzene rings is 1. The number of hydrogen-bond donors (Lipinski definition) is 1. The van der Waals surface area contributed by atoms with E-state index >= 15 is 0 Å². The van der Waals surface area contributed by atoms with E-state index in [-0.39, 0.29) is 5.56 Å². The fraction of sp³-hybridized carbons (Fsp3) is 0.100. The summed E-state index contributed by atoms with van der Waals surface area (Å²) in [5, 5.41) is 1.76. The molecule has 0 atom stereocenters. The molecule has 0 saturated carbocycles. The molecule has 2 aromatic rings. The molecule has 1 aromatic carbocycles. The Morgan fingerprint density at radius 3 is 2.92 bits per heavy atom. The number of pyridine rings is 1. The Labute approximate surface area is 89.1 Å². The van der Waals surface area contributed by atoms with Crippen LogP contribution in [-0.4, -0.2) is 4.98 Å². The van der Waals surface area contributed by atoms with E-state index in [1.165, 1.54) is 3.57 Å². The molecule has 2 rings (SSSR count). The second-order valence-electron chi connectivity index (χ2n) is 3.00. The number of aryl methyl sites for hydroxylation is 1. The van der Waals surface area contributed by atoms with Crippen molar-refractivity contribution in [1.29, 1.82) is 0 Å². The first-order chi connectivity index (χ1) is 6.18. The molecule has 0 unspecified atom stereocenters. The van der Waals surface area contributed by atoms with Gasteiger partial charge in [-0.25, -0.2) is 0 Å². The number of hydrogen-bond acceptors (Lipinski definition) is 1. The van der Waals surface area contributed by atoms with E-state index in [1.807, 2.05) is 25.1 Å². The lowest BCUT2D eigenvalue weighted by molar-refractivity contribution is 1.27. The SMILES string of the molecule is Cc1cc2c(=O)[nH]ccc2cc1I. The molecular formula is C10H8INO. The lowest BCUT2D eigenvalue weighted by atomic mass is 10.1. The summed E-state index contributed by atoms with van der Waals surface area (Å²) in [6.07, 6.45) is 1.68. The van der Waals surface area contributed by atoms with Gasteiger partial charge in [0.15, 0.2) is 0 Å². The molecule has 3 heteroatoms. The molecular weight excluding hydrogens is 277 g/mol. The third-order valence-electron chi connectivity index (χ3n) is 2.05. The Morgan fingerprint density at radius 2 is 2.15 bits per heavy atom. The zero-order valence-electron chi connectivity index (χ0n) is 7.10. The van der Waals surface area contributed by atoms with Gasteiger partial charge in [-0.1, -0.05) is 0 Å². The normalized spacial score (nSPS) is 10.6. The predicted octanol–water partition coefficient (Wildman–Crippen LogP) is 2.44. The number of fused-ring (bicyclic) bond motifs is 1. The number of nitrogens with one attached hydrogen (secondary N) is 1. The Hall–Kier alpha value is -0.840. The largest absolute Gasteiger partial charge is 0.329 e. The summed E-state index contributed by atoms with van der Waals surface area (Å²) < 4.78 is 1.19. The van der Waals surface area contributed by atoms with Gasteiger partial charge in [-0.15, -0.1) is 0 Å². The second-order valence-corrected chi connectivity index (χ2v) is 4.16. The van der Waals surface area contributed by atoms with Crippen LogP contribution in [0.25, 0.3) is 10.8 Å². The fourth-order valence-electron chi connectivity index (χ4n) is 1.32. The second kappa shape index (κ2) is 3.14. The Kier molecular flexibility index (Phi) is 2.11. The zero-order chi connectivity index (χ0) is 9.42. The highest BCUT2D eigenvalue weighted by molar-refractivity contribution is 14.1. The number of aromatic amines is 1. The molecule has 0 radical (unpaired) electrons. The van der Waals surface area contributed by atoms with Crippen LogP contribution in [-0.2, 0) is 0 Å². The van der Waals surface area contributed by atoms with Crippen LogP contribution in [0.2, 0.25) is 0 Å². The molecule has 2 nitrogen and oxygen atoms in total. The van der Waals surface area contributed by atoms with E-state index in [2.05, 4.69) is 27.6 Å². The van der Waals surface area contributed by atoms with E-state index in [4.69, 9.17) is 0 Å². The fourth-order valence-corrected chi connectivity index (χ4v) is 1.81. The molecule has 0 amide bonds. The van der Waals surface area contributed by atoms with Gasteiger partial charge in [-0.3, -0.25) is 4.79 Å². The highest BCUT2D eigenvalue weighted by Gasteiger charge is 2.00. The molecule has 0 aliphatic rings. The maximum absolute atomic E-state index is 11.4. The minimum Gasteiger partial charge on any atom is -0.329 e. The van der Waals surface area contributed by atoms with Gasteiger partial charge in [-0.05, 0) is 58.7 Å². The Bertz CT molecular complexity index is 516. The standard InChI is InChI=1S/C10H8INO/c1-6-4-8-7(5-9(6)11)2-3-12-10(8)13/h2-5H,1H3,(H,12,13). The lowest BCUT2D eigenvalue weighted by Gasteiger charge is -2.00. The quantitative estimate of drug-likeness (QED) is 0.741. The average Bonchev–Trinajstić information content (AvgIpc) is 2.09. The van der Waals surface area contributed by atoms with Crippen molar-refractivity contribution in [1.82, 2.24) is 4.98 Å². The van der Waals surface area contributed by atoms with Crippen molar-refractivity contribution in [2.45, 2.75) is 6.92 Å². The monoisotopic (exact) mass is 285 g/mol. The number of aromatic nitrogens is 1. The third-order valence-corrected chi connectivity index (χ3v) is 3.21. The van der Waals surface area contributed by atoms with E-state index < -0.39 is 0 Å². The first-order valence-electron chi connectivity index (χ1n) is 3.96. The van der Waals surface area contributed by atoms with Crippen molar-refractivity contribution >= 4 is 33.4 Å².